The van der Waals surface area contributed by atoms with Crippen LogP contribution in [-0.4, -0.2) is 25.9 Å². The van der Waals surface area contributed by atoms with E-state index in [0.717, 1.165) is 35.9 Å². The van der Waals surface area contributed by atoms with Crippen LogP contribution < -0.4 is 5.32 Å². The number of nitrogens with one attached hydrogen (secondary N) is 1. The number of carbonyl (C=O) groups is 1. The maximum Gasteiger partial charge on any atom is 0.233 e. The van der Waals surface area contributed by atoms with Crippen molar-refractivity contribution in [3.63, 3.8) is 0 Å². The van der Waals surface area contributed by atoms with Crippen molar-refractivity contribution in [2.75, 3.05) is 0 Å². The van der Waals surface area contributed by atoms with E-state index < -0.39 is 0 Å². The van der Waals surface area contributed by atoms with Gasteiger partial charge in [0.2, 0.25) is 5.91 Å². The molecule has 0 spiro atoms. The van der Waals surface area contributed by atoms with Crippen molar-refractivity contribution in [2.24, 2.45) is 0 Å². The zero-order chi connectivity index (χ0) is 23.0. The fraction of sp³-hybridized carbons (Fsp3) is 0.269. The minimum absolute atomic E-state index is 0.00577. The van der Waals surface area contributed by atoms with Crippen LogP contribution in [0.15, 0.2) is 83.3 Å². The summed E-state index contributed by atoms with van der Waals surface area (Å²) in [7, 11) is 0. The Balaban J connectivity index is 1.47. The first kappa shape index (κ1) is 23.3. The van der Waals surface area contributed by atoms with E-state index in [1.807, 2.05) is 50.2 Å². The molecular weight excluding hydrogens is 448 g/mol. The molecule has 2 heterocycles. The monoisotopic (exact) mass is 476 g/mol. The molecule has 4 rings (SSSR count). The Morgan fingerprint density at radius 1 is 1.00 bits per heavy atom. The minimum atomic E-state index is -0.287. The van der Waals surface area contributed by atoms with Crippen LogP contribution in [0.5, 0.6) is 0 Å². The molecule has 33 heavy (non-hydrogen) atoms. The van der Waals surface area contributed by atoms with Crippen LogP contribution in [0.4, 0.5) is 0 Å². The summed E-state index contributed by atoms with van der Waals surface area (Å²) < 4.78 is 2.17. The van der Waals surface area contributed by atoms with Gasteiger partial charge in [0.15, 0.2) is 5.16 Å². The molecule has 0 bridgehead atoms. The quantitative estimate of drug-likeness (QED) is 0.306. The molecule has 0 aliphatic carbocycles. The Labute approximate surface area is 203 Å². The Kier molecular flexibility index (Phi) is 7.96. The SMILES string of the molecule is C[C@H](Sc1nnc(Cc2cccs2)n1CCc1ccccc1)C(=O)N[C@@H](C)c1ccccc1. The van der Waals surface area contributed by atoms with Crippen molar-refractivity contribution in [1.82, 2.24) is 20.1 Å². The highest BCUT2D eigenvalue weighted by atomic mass is 32.2. The summed E-state index contributed by atoms with van der Waals surface area (Å²) in [6.45, 7) is 4.70. The number of rotatable bonds is 10. The number of benzene rings is 2. The van der Waals surface area contributed by atoms with E-state index in [1.54, 1.807) is 11.3 Å². The predicted octanol–water partition coefficient (Wildman–Crippen LogP) is 5.53. The normalized spacial score (nSPS) is 12.9. The largest absolute Gasteiger partial charge is 0.349 e. The second-order valence-electron chi connectivity index (χ2n) is 7.94. The highest BCUT2D eigenvalue weighted by molar-refractivity contribution is 8.00. The summed E-state index contributed by atoms with van der Waals surface area (Å²) in [6, 6.07) is 24.6. The third-order valence-corrected chi connectivity index (χ3v) is 7.44. The molecule has 0 saturated carbocycles. The molecule has 7 heteroatoms. The van der Waals surface area contributed by atoms with Crippen molar-refractivity contribution < 1.29 is 4.79 Å². The lowest BCUT2D eigenvalue weighted by atomic mass is 10.1. The van der Waals surface area contributed by atoms with E-state index in [2.05, 4.69) is 61.9 Å². The van der Waals surface area contributed by atoms with Gasteiger partial charge < -0.3 is 9.88 Å². The van der Waals surface area contributed by atoms with Gasteiger partial charge in [-0.05, 0) is 42.8 Å². The Morgan fingerprint density at radius 2 is 1.73 bits per heavy atom. The smallest absolute Gasteiger partial charge is 0.233 e. The number of thioether (sulfide) groups is 1. The van der Waals surface area contributed by atoms with Gasteiger partial charge in [0.05, 0.1) is 11.3 Å². The third-order valence-electron chi connectivity index (χ3n) is 5.48. The van der Waals surface area contributed by atoms with Crippen molar-refractivity contribution in [3.8, 4) is 0 Å². The van der Waals surface area contributed by atoms with Gasteiger partial charge >= 0.3 is 0 Å². The highest BCUT2D eigenvalue weighted by Crippen LogP contribution is 2.25. The minimum Gasteiger partial charge on any atom is -0.349 e. The van der Waals surface area contributed by atoms with Gasteiger partial charge in [-0.3, -0.25) is 4.79 Å². The van der Waals surface area contributed by atoms with Crippen LogP contribution in [0.2, 0.25) is 0 Å². The van der Waals surface area contributed by atoms with Gasteiger partial charge in [-0.2, -0.15) is 0 Å². The van der Waals surface area contributed by atoms with Crippen LogP contribution in [0.3, 0.4) is 0 Å². The number of nitrogens with zero attached hydrogens (tertiary/aromatic N) is 3. The van der Waals surface area contributed by atoms with Crippen molar-refractivity contribution >= 4 is 29.0 Å². The standard InChI is InChI=1S/C26H28N4OS2/c1-19(22-12-7-4-8-13-22)27-25(31)20(2)33-26-29-28-24(18-23-14-9-17-32-23)30(26)16-15-21-10-5-3-6-11-21/h3-14,17,19-20H,15-16,18H2,1-2H3,(H,27,31)/t19-,20-/m0/s1. The molecule has 0 unspecified atom stereocenters. The van der Waals surface area contributed by atoms with E-state index in [4.69, 9.17) is 0 Å². The maximum atomic E-state index is 12.9. The lowest BCUT2D eigenvalue weighted by Gasteiger charge is -2.18. The number of aromatic nitrogens is 3. The van der Waals surface area contributed by atoms with Gasteiger partial charge in [0.25, 0.3) is 0 Å². The average Bonchev–Trinajstić information content (AvgIpc) is 3.49. The Morgan fingerprint density at radius 3 is 2.42 bits per heavy atom. The van der Waals surface area contributed by atoms with Crippen LogP contribution >= 0.6 is 23.1 Å². The molecule has 2 atom stereocenters. The van der Waals surface area contributed by atoms with Gasteiger partial charge in [-0.15, -0.1) is 21.5 Å². The van der Waals surface area contributed by atoms with Crippen molar-refractivity contribution in [1.29, 1.82) is 0 Å². The molecular formula is C26H28N4OS2. The number of hydrogen-bond acceptors (Lipinski definition) is 5. The predicted molar refractivity (Wildman–Crippen MR) is 136 cm³/mol. The first-order valence-electron chi connectivity index (χ1n) is 11.1. The summed E-state index contributed by atoms with van der Waals surface area (Å²) in [6.07, 6.45) is 1.63. The molecule has 2 aromatic carbocycles. The van der Waals surface area contributed by atoms with Gasteiger partial charge in [-0.1, -0.05) is 78.5 Å². The molecule has 4 aromatic rings. The first-order valence-corrected chi connectivity index (χ1v) is 12.9. The zero-order valence-electron chi connectivity index (χ0n) is 18.8. The number of aryl methyl sites for hydroxylation is 1. The summed E-state index contributed by atoms with van der Waals surface area (Å²) in [5.74, 6) is 0.926. The molecule has 2 aromatic heterocycles. The molecule has 0 saturated heterocycles. The second-order valence-corrected chi connectivity index (χ2v) is 10.3. The highest BCUT2D eigenvalue weighted by Gasteiger charge is 2.22. The molecule has 5 nitrogen and oxygen atoms in total. The zero-order valence-corrected chi connectivity index (χ0v) is 20.5. The van der Waals surface area contributed by atoms with Crippen molar-refractivity contribution in [2.45, 2.75) is 49.7 Å². The van der Waals surface area contributed by atoms with E-state index in [1.165, 1.54) is 22.2 Å². The lowest BCUT2D eigenvalue weighted by molar-refractivity contribution is -0.120. The first-order chi connectivity index (χ1) is 16.1. The Hall–Kier alpha value is -2.90. The molecule has 170 valence electrons. The molecule has 0 fully saturated rings. The topological polar surface area (TPSA) is 59.8 Å². The van der Waals surface area contributed by atoms with Crippen LogP contribution in [0.25, 0.3) is 0 Å². The van der Waals surface area contributed by atoms with Crippen LogP contribution in [-0.2, 0) is 24.2 Å². The van der Waals surface area contributed by atoms with E-state index in [0.29, 0.717) is 0 Å². The molecule has 1 amide bonds. The van der Waals surface area contributed by atoms with E-state index in [-0.39, 0.29) is 17.2 Å². The summed E-state index contributed by atoms with van der Waals surface area (Å²) in [4.78, 5) is 14.1. The van der Waals surface area contributed by atoms with Gasteiger partial charge in [0, 0.05) is 17.8 Å². The molecule has 0 aliphatic rings. The molecule has 1 N–H and O–H groups in total. The number of carbonyl (C=O) groups excluding carboxylic acids is 1. The Bertz CT molecular complexity index is 1140. The van der Waals surface area contributed by atoms with Crippen molar-refractivity contribution in [3.05, 3.63) is 100 Å². The van der Waals surface area contributed by atoms with E-state index >= 15 is 0 Å². The number of hydrogen-bond donors (Lipinski definition) is 1. The second kappa shape index (κ2) is 11.3. The summed E-state index contributed by atoms with van der Waals surface area (Å²) >= 11 is 3.19. The van der Waals surface area contributed by atoms with Crippen LogP contribution in [0.1, 0.15) is 41.7 Å². The fourth-order valence-corrected chi connectivity index (χ4v) is 5.19. The third kappa shape index (κ3) is 6.33. The number of thiophene rings is 1. The maximum absolute atomic E-state index is 12.9. The average molecular weight is 477 g/mol. The van der Waals surface area contributed by atoms with Gasteiger partial charge in [0.1, 0.15) is 5.82 Å². The van der Waals surface area contributed by atoms with E-state index in [9.17, 15) is 4.79 Å². The molecule has 0 radical (unpaired) electrons. The van der Waals surface area contributed by atoms with Gasteiger partial charge in [-0.25, -0.2) is 0 Å². The fourth-order valence-electron chi connectivity index (χ4n) is 3.58. The lowest BCUT2D eigenvalue weighted by Crippen LogP contribution is -2.33. The van der Waals surface area contributed by atoms with Crippen LogP contribution in [0, 0.1) is 0 Å². The number of amides is 1. The summed E-state index contributed by atoms with van der Waals surface area (Å²) in [5.41, 5.74) is 2.36. The summed E-state index contributed by atoms with van der Waals surface area (Å²) in [5, 5.41) is 14.7. The molecule has 0 aliphatic heterocycles.